The van der Waals surface area contributed by atoms with E-state index < -0.39 is 23.2 Å². The summed E-state index contributed by atoms with van der Waals surface area (Å²) in [7, 11) is 0. The standard InChI is InChI=1S/C20H24FN3O3/c1-5-10(4)24-17(25)14-15(18(24)26)20(23-16(14)9(2)3)12-8-11(21)6-7-13(12)22-19(20)27/h6-10,14-16,23H,5H2,1-4H3,(H,22,27)/p+1/t10-,14+,15+,16-,20+/m1/s1. The molecule has 4 rings (SSSR count). The minimum atomic E-state index is -1.29. The van der Waals surface area contributed by atoms with E-state index in [4.69, 9.17) is 0 Å². The van der Waals surface area contributed by atoms with Crippen LogP contribution in [0.1, 0.15) is 39.7 Å². The van der Waals surface area contributed by atoms with Gasteiger partial charge in [0.1, 0.15) is 23.7 Å². The Hall–Kier alpha value is -2.28. The summed E-state index contributed by atoms with van der Waals surface area (Å²) in [6.45, 7) is 7.74. The third-order valence-corrected chi connectivity index (χ3v) is 6.60. The largest absolute Gasteiger partial charge is 0.326 e. The van der Waals surface area contributed by atoms with Gasteiger partial charge in [0.05, 0.1) is 5.69 Å². The van der Waals surface area contributed by atoms with Crippen molar-refractivity contribution in [2.75, 3.05) is 5.32 Å². The molecule has 0 radical (unpaired) electrons. The average molecular weight is 374 g/mol. The van der Waals surface area contributed by atoms with Gasteiger partial charge in [0.25, 0.3) is 5.91 Å². The highest BCUT2D eigenvalue weighted by Gasteiger charge is 2.74. The molecule has 6 nitrogen and oxygen atoms in total. The monoisotopic (exact) mass is 374 g/mol. The normalized spacial score (nSPS) is 33.0. The Labute approximate surface area is 157 Å². The fraction of sp³-hybridized carbons (Fsp3) is 0.550. The molecule has 1 aromatic rings. The number of fused-ring (bicyclic) bond motifs is 4. The van der Waals surface area contributed by atoms with Gasteiger partial charge < -0.3 is 10.6 Å². The second-order valence-electron chi connectivity index (χ2n) is 8.31. The maximum absolute atomic E-state index is 14.0. The predicted molar refractivity (Wildman–Crippen MR) is 95.8 cm³/mol. The van der Waals surface area contributed by atoms with Crippen molar-refractivity contribution in [1.82, 2.24) is 4.90 Å². The molecule has 0 unspecified atom stereocenters. The number of hydrogen-bond donors (Lipinski definition) is 2. The Kier molecular flexibility index (Phi) is 3.93. The molecule has 1 spiro atoms. The maximum Gasteiger partial charge on any atom is 0.291 e. The lowest BCUT2D eigenvalue weighted by atomic mass is 9.76. The molecule has 0 bridgehead atoms. The Balaban J connectivity index is 1.92. The van der Waals surface area contributed by atoms with Crippen LogP contribution in [0.25, 0.3) is 0 Å². The van der Waals surface area contributed by atoms with Crippen molar-refractivity contribution in [3.05, 3.63) is 29.6 Å². The summed E-state index contributed by atoms with van der Waals surface area (Å²) in [4.78, 5) is 41.1. The van der Waals surface area contributed by atoms with Crippen LogP contribution < -0.4 is 10.6 Å². The van der Waals surface area contributed by atoms with Gasteiger partial charge in [-0.15, -0.1) is 0 Å². The maximum atomic E-state index is 14.0. The second-order valence-corrected chi connectivity index (χ2v) is 8.31. The molecule has 3 aliphatic rings. The van der Waals surface area contributed by atoms with Crippen LogP contribution in [0.3, 0.4) is 0 Å². The van der Waals surface area contributed by atoms with E-state index in [-0.39, 0.29) is 35.7 Å². The van der Waals surface area contributed by atoms with Crippen molar-refractivity contribution < 1.29 is 24.1 Å². The van der Waals surface area contributed by atoms with Gasteiger partial charge >= 0.3 is 0 Å². The lowest BCUT2D eigenvalue weighted by Gasteiger charge is -2.29. The number of quaternary nitrogens is 1. The lowest BCUT2D eigenvalue weighted by molar-refractivity contribution is -0.738. The average Bonchev–Trinajstić information content (AvgIpc) is 3.20. The van der Waals surface area contributed by atoms with Crippen LogP contribution >= 0.6 is 0 Å². The van der Waals surface area contributed by atoms with Crippen molar-refractivity contribution in [1.29, 1.82) is 0 Å². The first-order chi connectivity index (χ1) is 12.7. The predicted octanol–water partition coefficient (Wildman–Crippen LogP) is 0.974. The molecule has 0 aromatic heterocycles. The summed E-state index contributed by atoms with van der Waals surface area (Å²) >= 11 is 0. The van der Waals surface area contributed by atoms with Crippen molar-refractivity contribution in [3.63, 3.8) is 0 Å². The van der Waals surface area contributed by atoms with Gasteiger partial charge in [0.15, 0.2) is 0 Å². The van der Waals surface area contributed by atoms with Crippen LogP contribution in [-0.2, 0) is 19.9 Å². The van der Waals surface area contributed by atoms with E-state index >= 15 is 0 Å². The molecule has 144 valence electrons. The fourth-order valence-electron chi connectivity index (χ4n) is 5.11. The Morgan fingerprint density at radius 3 is 2.56 bits per heavy atom. The van der Waals surface area contributed by atoms with Crippen LogP contribution in [0.15, 0.2) is 18.2 Å². The molecule has 7 heteroatoms. The number of hydrogen-bond acceptors (Lipinski definition) is 3. The fourth-order valence-corrected chi connectivity index (χ4v) is 5.11. The summed E-state index contributed by atoms with van der Waals surface area (Å²) in [5.41, 5.74) is -0.299. The summed E-state index contributed by atoms with van der Waals surface area (Å²) in [5.74, 6) is -2.63. The topological polar surface area (TPSA) is 83.1 Å². The number of rotatable bonds is 3. The molecule has 2 saturated heterocycles. The number of imide groups is 1. The zero-order chi connectivity index (χ0) is 19.7. The number of anilines is 1. The van der Waals surface area contributed by atoms with E-state index in [9.17, 15) is 18.8 Å². The van der Waals surface area contributed by atoms with Crippen molar-refractivity contribution in [3.8, 4) is 0 Å². The summed E-state index contributed by atoms with van der Waals surface area (Å²) < 4.78 is 14.0. The number of nitrogens with zero attached hydrogens (tertiary/aromatic N) is 1. The molecule has 5 atom stereocenters. The zero-order valence-electron chi connectivity index (χ0n) is 16.0. The van der Waals surface area contributed by atoms with Gasteiger partial charge in [-0.2, -0.15) is 0 Å². The number of carbonyl (C=O) groups excluding carboxylic acids is 3. The molecule has 3 aliphatic heterocycles. The number of likely N-dealkylation sites (tertiary alicyclic amines) is 1. The highest BCUT2D eigenvalue weighted by atomic mass is 19.1. The number of halogens is 1. The second kappa shape index (κ2) is 5.86. The van der Waals surface area contributed by atoms with Crippen LogP contribution in [0.4, 0.5) is 10.1 Å². The first-order valence-electron chi connectivity index (χ1n) is 9.58. The van der Waals surface area contributed by atoms with E-state index in [1.54, 1.807) is 0 Å². The molecule has 27 heavy (non-hydrogen) atoms. The SMILES string of the molecule is CC[C@@H](C)N1C(=O)[C@@H]2[C@@H](C(C)C)[NH2+][C@]3(C(=O)Nc4ccc(F)cc43)[C@@H]2C1=O. The first-order valence-corrected chi connectivity index (χ1v) is 9.58. The summed E-state index contributed by atoms with van der Waals surface area (Å²) in [6.07, 6.45) is 0.650. The number of benzene rings is 1. The molecule has 3 N–H and O–H groups in total. The number of nitrogens with one attached hydrogen (secondary N) is 1. The van der Waals surface area contributed by atoms with E-state index in [0.29, 0.717) is 17.7 Å². The molecule has 0 aliphatic carbocycles. The quantitative estimate of drug-likeness (QED) is 0.774. The molecule has 1 aromatic carbocycles. The lowest BCUT2D eigenvalue weighted by Crippen LogP contribution is -2.99. The van der Waals surface area contributed by atoms with Gasteiger partial charge in [0.2, 0.25) is 17.4 Å². The van der Waals surface area contributed by atoms with E-state index in [0.717, 1.165) is 0 Å². The van der Waals surface area contributed by atoms with Gasteiger partial charge in [-0.25, -0.2) is 4.39 Å². The van der Waals surface area contributed by atoms with Gasteiger partial charge in [0, 0.05) is 17.5 Å². The third-order valence-electron chi connectivity index (χ3n) is 6.60. The van der Waals surface area contributed by atoms with E-state index in [1.807, 2.05) is 33.0 Å². The minimum absolute atomic E-state index is 0.0796. The van der Waals surface area contributed by atoms with E-state index in [2.05, 4.69) is 5.32 Å². The van der Waals surface area contributed by atoms with Gasteiger partial charge in [-0.3, -0.25) is 19.3 Å². The smallest absolute Gasteiger partial charge is 0.291 e. The number of amides is 3. The molecule has 3 amide bonds. The minimum Gasteiger partial charge on any atom is -0.326 e. The molecule has 2 fully saturated rings. The molecular formula is C20H25FN3O3+. The Morgan fingerprint density at radius 2 is 1.93 bits per heavy atom. The van der Waals surface area contributed by atoms with E-state index in [1.165, 1.54) is 23.1 Å². The summed E-state index contributed by atoms with van der Waals surface area (Å²) in [6, 6.07) is 3.69. The van der Waals surface area contributed by atoms with Crippen LogP contribution in [0.5, 0.6) is 0 Å². The van der Waals surface area contributed by atoms with Crippen LogP contribution in [0.2, 0.25) is 0 Å². The molecular weight excluding hydrogens is 349 g/mol. The van der Waals surface area contributed by atoms with Crippen LogP contribution in [0, 0.1) is 23.6 Å². The Bertz CT molecular complexity index is 855. The Morgan fingerprint density at radius 1 is 1.22 bits per heavy atom. The first kappa shape index (κ1) is 18.1. The summed E-state index contributed by atoms with van der Waals surface area (Å²) in [5, 5.41) is 4.65. The molecule has 0 saturated carbocycles. The van der Waals surface area contributed by atoms with Crippen LogP contribution in [-0.4, -0.2) is 34.7 Å². The highest BCUT2D eigenvalue weighted by Crippen LogP contribution is 2.50. The highest BCUT2D eigenvalue weighted by molar-refractivity contribution is 6.14. The zero-order valence-corrected chi connectivity index (χ0v) is 16.0. The number of carbonyl (C=O) groups is 3. The molecule has 3 heterocycles. The van der Waals surface area contributed by atoms with Crippen molar-refractivity contribution in [2.24, 2.45) is 17.8 Å². The van der Waals surface area contributed by atoms with Gasteiger partial charge in [-0.05, 0) is 31.5 Å². The third kappa shape index (κ3) is 2.18. The number of nitrogens with two attached hydrogens (primary N) is 1. The van der Waals surface area contributed by atoms with Crippen molar-refractivity contribution in [2.45, 2.75) is 51.7 Å². The van der Waals surface area contributed by atoms with Crippen molar-refractivity contribution >= 4 is 23.4 Å². The van der Waals surface area contributed by atoms with Gasteiger partial charge in [-0.1, -0.05) is 20.8 Å².